The van der Waals surface area contributed by atoms with Gasteiger partial charge in [-0.25, -0.2) is 4.79 Å². The van der Waals surface area contributed by atoms with Crippen molar-refractivity contribution in [2.75, 3.05) is 6.61 Å². The Balaban J connectivity index is 3.48. The van der Waals surface area contributed by atoms with Crippen LogP contribution >= 0.6 is 0 Å². The van der Waals surface area contributed by atoms with Crippen LogP contribution in [-0.2, 0) is 26.9 Å². The first-order valence-electron chi connectivity index (χ1n) is 7.54. The maximum Gasteiger partial charge on any atom is 0.416 e. The number of nitrogens with zero attached hydrogens (tertiary/aromatic N) is 1. The minimum Gasteiger partial charge on any atom is -0.464 e. The van der Waals surface area contributed by atoms with E-state index in [9.17, 15) is 27.6 Å². The van der Waals surface area contributed by atoms with E-state index in [0.29, 0.717) is 12.4 Å². The third-order valence-electron chi connectivity index (χ3n) is 3.36. The average molecular weight is 347 g/mol. The van der Waals surface area contributed by atoms with Gasteiger partial charge in [-0.3, -0.25) is 4.79 Å². The van der Waals surface area contributed by atoms with E-state index in [-0.39, 0.29) is 24.5 Å². The Morgan fingerprint density at radius 3 is 2.46 bits per heavy atom. The van der Waals surface area contributed by atoms with Crippen LogP contribution < -0.4 is 5.56 Å². The predicted octanol–water partition coefficient (Wildman–Crippen LogP) is 2.76. The van der Waals surface area contributed by atoms with Crippen molar-refractivity contribution < 1.29 is 27.5 Å². The number of pyridine rings is 1. The molecule has 1 atom stereocenters. The summed E-state index contributed by atoms with van der Waals surface area (Å²) in [4.78, 5) is 34.9. The maximum absolute atomic E-state index is 13.0. The van der Waals surface area contributed by atoms with Gasteiger partial charge < -0.3 is 14.1 Å². The molecule has 0 bridgehead atoms. The minimum atomic E-state index is -4.76. The molecule has 0 N–H and O–H groups in total. The number of hydrogen-bond acceptors (Lipinski definition) is 4. The van der Waals surface area contributed by atoms with Gasteiger partial charge in [0.05, 0.1) is 12.2 Å². The average Bonchev–Trinajstić information content (AvgIpc) is 2.45. The molecule has 0 amide bonds. The monoisotopic (exact) mass is 347 g/mol. The molecule has 24 heavy (non-hydrogen) atoms. The lowest BCUT2D eigenvalue weighted by atomic mass is 10.0. The van der Waals surface area contributed by atoms with Crippen LogP contribution in [0.3, 0.4) is 0 Å². The maximum atomic E-state index is 13.0. The number of aldehydes is 1. The topological polar surface area (TPSA) is 65.4 Å². The number of carbonyl (C=O) groups excluding carboxylic acids is 2. The Morgan fingerprint density at radius 2 is 2.00 bits per heavy atom. The molecule has 0 saturated heterocycles. The molecule has 1 aromatic heterocycles. The Labute approximate surface area is 137 Å². The molecule has 1 unspecified atom stereocenters. The molecule has 1 aromatic rings. The van der Waals surface area contributed by atoms with Crippen LogP contribution in [0.25, 0.3) is 0 Å². The van der Waals surface area contributed by atoms with Crippen molar-refractivity contribution in [1.82, 2.24) is 4.57 Å². The summed E-state index contributed by atoms with van der Waals surface area (Å²) in [5.74, 6) is -0.687. The van der Waals surface area contributed by atoms with Crippen LogP contribution in [0.15, 0.2) is 17.1 Å². The van der Waals surface area contributed by atoms with Gasteiger partial charge in [0, 0.05) is 18.7 Å². The number of aromatic nitrogens is 1. The number of rotatable bonds is 7. The molecular formula is C16H20F3NO4. The number of hydrogen-bond donors (Lipinski definition) is 0. The molecule has 0 aliphatic heterocycles. The number of esters is 1. The Bertz CT molecular complexity index is 650. The first-order valence-corrected chi connectivity index (χ1v) is 7.54. The summed E-state index contributed by atoms with van der Waals surface area (Å²) in [6, 6.07) is -0.615. The molecule has 1 heterocycles. The fourth-order valence-corrected chi connectivity index (χ4v) is 2.36. The summed E-state index contributed by atoms with van der Waals surface area (Å²) in [5.41, 5.74) is -2.48. The summed E-state index contributed by atoms with van der Waals surface area (Å²) in [5, 5.41) is 0. The van der Waals surface area contributed by atoms with E-state index in [1.807, 2.05) is 13.8 Å². The van der Waals surface area contributed by atoms with Crippen LogP contribution in [0.1, 0.15) is 44.4 Å². The zero-order valence-corrected chi connectivity index (χ0v) is 13.7. The molecular weight excluding hydrogens is 327 g/mol. The molecule has 0 aliphatic carbocycles. The molecule has 1 rings (SSSR count). The highest BCUT2D eigenvalue weighted by molar-refractivity contribution is 5.74. The van der Waals surface area contributed by atoms with Crippen molar-refractivity contribution in [3.8, 4) is 0 Å². The van der Waals surface area contributed by atoms with Gasteiger partial charge in [-0.15, -0.1) is 0 Å². The van der Waals surface area contributed by atoms with Crippen LogP contribution in [0.4, 0.5) is 13.2 Å². The summed E-state index contributed by atoms with van der Waals surface area (Å²) in [7, 11) is 0. The molecule has 0 aliphatic rings. The zero-order chi connectivity index (χ0) is 18.5. The Morgan fingerprint density at radius 1 is 1.38 bits per heavy atom. The second-order valence-corrected chi connectivity index (χ2v) is 5.72. The summed E-state index contributed by atoms with van der Waals surface area (Å²) in [6.45, 7) is 5.31. The molecule has 0 saturated carbocycles. The van der Waals surface area contributed by atoms with Crippen molar-refractivity contribution in [2.45, 2.75) is 45.8 Å². The second-order valence-electron chi connectivity index (χ2n) is 5.72. The van der Waals surface area contributed by atoms with Gasteiger partial charge in [-0.05, 0) is 24.8 Å². The highest BCUT2D eigenvalue weighted by Gasteiger charge is 2.35. The highest BCUT2D eigenvalue weighted by Crippen LogP contribution is 2.31. The number of halogens is 3. The quantitative estimate of drug-likeness (QED) is 0.562. The second kappa shape index (κ2) is 8.12. The van der Waals surface area contributed by atoms with E-state index in [1.165, 1.54) is 0 Å². The fourth-order valence-electron chi connectivity index (χ4n) is 2.36. The molecule has 8 heteroatoms. The van der Waals surface area contributed by atoms with E-state index in [2.05, 4.69) is 0 Å². The highest BCUT2D eigenvalue weighted by atomic mass is 19.4. The van der Waals surface area contributed by atoms with Crippen molar-refractivity contribution >= 4 is 12.3 Å². The Kier molecular flexibility index (Phi) is 6.74. The zero-order valence-electron chi connectivity index (χ0n) is 13.7. The van der Waals surface area contributed by atoms with Gasteiger partial charge in [0.1, 0.15) is 12.3 Å². The lowest BCUT2D eigenvalue weighted by Crippen LogP contribution is -2.33. The van der Waals surface area contributed by atoms with Gasteiger partial charge in [-0.1, -0.05) is 13.8 Å². The van der Waals surface area contributed by atoms with Crippen molar-refractivity contribution in [3.63, 3.8) is 0 Å². The molecule has 0 fully saturated rings. The van der Waals surface area contributed by atoms with Gasteiger partial charge in [0.15, 0.2) is 0 Å². The van der Waals surface area contributed by atoms with Crippen molar-refractivity contribution in [3.05, 3.63) is 33.7 Å². The van der Waals surface area contributed by atoms with E-state index < -0.39 is 35.7 Å². The fraction of sp³-hybridized carbons (Fsp3) is 0.562. The van der Waals surface area contributed by atoms with E-state index in [4.69, 9.17) is 4.74 Å². The molecule has 5 nitrogen and oxygen atoms in total. The van der Waals surface area contributed by atoms with Crippen molar-refractivity contribution in [2.24, 2.45) is 5.92 Å². The first-order chi connectivity index (χ1) is 11.1. The molecule has 134 valence electrons. The largest absolute Gasteiger partial charge is 0.464 e. The summed E-state index contributed by atoms with van der Waals surface area (Å²) in [6.07, 6.45) is -3.78. The first kappa shape index (κ1) is 19.9. The minimum absolute atomic E-state index is 0.00289. The van der Waals surface area contributed by atoms with Crippen LogP contribution in [0.5, 0.6) is 0 Å². The third-order valence-corrected chi connectivity index (χ3v) is 3.36. The van der Waals surface area contributed by atoms with Crippen molar-refractivity contribution in [1.29, 1.82) is 0 Å². The van der Waals surface area contributed by atoms with Crippen LogP contribution in [0, 0.1) is 5.92 Å². The summed E-state index contributed by atoms with van der Waals surface area (Å²) >= 11 is 0. The van der Waals surface area contributed by atoms with E-state index in [0.717, 1.165) is 10.8 Å². The number of ether oxygens (including phenoxy) is 1. The Hall–Kier alpha value is -2.12. The number of carbonyl (C=O) groups is 2. The predicted molar refractivity (Wildman–Crippen MR) is 80.6 cm³/mol. The third kappa shape index (κ3) is 4.94. The van der Waals surface area contributed by atoms with Gasteiger partial charge >= 0.3 is 12.1 Å². The van der Waals surface area contributed by atoms with Gasteiger partial charge in [-0.2, -0.15) is 13.2 Å². The SMILES string of the molecule is CCOC(=O)C(CC(C)C)n1cc(CC=O)c(C(F)(F)F)cc1=O. The standard InChI is InChI=1S/C16H20F3NO4/c1-4-24-15(23)13(7-10(2)3)20-9-11(5-6-21)12(8-14(20)22)16(17,18)19/h6,8-10,13H,4-5,7H2,1-3H3. The smallest absolute Gasteiger partial charge is 0.416 e. The van der Waals surface area contributed by atoms with Gasteiger partial charge in [0.25, 0.3) is 5.56 Å². The molecule has 0 aromatic carbocycles. The number of alkyl halides is 3. The lowest BCUT2D eigenvalue weighted by Gasteiger charge is -2.22. The van der Waals surface area contributed by atoms with E-state index in [1.54, 1.807) is 6.92 Å². The lowest BCUT2D eigenvalue weighted by molar-refractivity contribution is -0.147. The normalized spacial score (nSPS) is 13.0. The molecule has 0 spiro atoms. The van der Waals surface area contributed by atoms with Gasteiger partial charge in [0.2, 0.25) is 0 Å². The molecule has 0 radical (unpaired) electrons. The van der Waals surface area contributed by atoms with Crippen LogP contribution in [0.2, 0.25) is 0 Å². The van der Waals surface area contributed by atoms with E-state index >= 15 is 0 Å². The van der Waals surface area contributed by atoms with Crippen LogP contribution in [-0.4, -0.2) is 23.4 Å². The summed E-state index contributed by atoms with van der Waals surface area (Å²) < 4.78 is 44.9.